The summed E-state index contributed by atoms with van der Waals surface area (Å²) in [6, 6.07) is 15.3. The van der Waals surface area contributed by atoms with E-state index in [1.807, 2.05) is 6.92 Å². The number of nitrogens with zero attached hydrogens (tertiary/aromatic N) is 1. The molecule has 8 heteroatoms. The van der Waals surface area contributed by atoms with E-state index in [1.54, 1.807) is 68.4 Å². The molecule has 1 saturated heterocycles. The summed E-state index contributed by atoms with van der Waals surface area (Å²) in [4.78, 5) is 28.2. The van der Waals surface area contributed by atoms with Crippen molar-refractivity contribution in [3.63, 3.8) is 0 Å². The number of rotatable bonds is 8. The van der Waals surface area contributed by atoms with Crippen LogP contribution in [-0.2, 0) is 9.59 Å². The normalized spacial score (nSPS) is 16.8. The van der Waals surface area contributed by atoms with E-state index in [1.165, 1.54) is 11.0 Å². The first kappa shape index (κ1) is 26.1. The van der Waals surface area contributed by atoms with E-state index in [0.717, 1.165) is 12.0 Å². The average Bonchev–Trinajstić information content (AvgIpc) is 3.15. The third-order valence-corrected chi connectivity index (χ3v) is 6.31. The highest BCUT2D eigenvalue weighted by Gasteiger charge is 2.47. The number of hydrogen-bond donors (Lipinski definition) is 2. The van der Waals surface area contributed by atoms with Crippen molar-refractivity contribution in [3.05, 3.63) is 87.9 Å². The molecule has 0 spiro atoms. The zero-order chi connectivity index (χ0) is 26.7. The lowest BCUT2D eigenvalue weighted by Gasteiger charge is -2.27. The van der Waals surface area contributed by atoms with Crippen LogP contribution in [0.5, 0.6) is 17.2 Å². The number of ether oxygens (including phenoxy) is 2. The van der Waals surface area contributed by atoms with Crippen molar-refractivity contribution < 1.29 is 29.3 Å². The van der Waals surface area contributed by atoms with Gasteiger partial charge in [0.15, 0.2) is 11.5 Å². The predicted octanol–water partition coefficient (Wildman–Crippen LogP) is 6.17. The topological polar surface area (TPSA) is 96.3 Å². The molecule has 1 aliphatic rings. The second-order valence-electron chi connectivity index (χ2n) is 8.63. The predicted molar refractivity (Wildman–Crippen MR) is 142 cm³/mol. The molecule has 0 bridgehead atoms. The number of carbonyl (C=O) groups is 2. The number of aliphatic hydroxyl groups excluding tert-OH is 1. The second kappa shape index (κ2) is 11.0. The van der Waals surface area contributed by atoms with Crippen LogP contribution >= 0.6 is 11.6 Å². The SMILES string of the molecule is CCCOc1ccc(/C(O)=C2\C(=O)C(=O)N(c3cc(Cl)ccc3C)C2c2ccc(O)c(OCC)c2)cc1. The number of phenolic OH excluding ortho intramolecular Hbond substituents is 1. The van der Waals surface area contributed by atoms with E-state index in [-0.39, 0.29) is 22.8 Å². The molecule has 1 heterocycles. The maximum atomic E-state index is 13.4. The van der Waals surface area contributed by atoms with Crippen molar-refractivity contribution in [3.8, 4) is 17.2 Å². The number of Topliss-reactive ketones (excluding diaryl/α,β-unsaturated/α-hetero) is 1. The summed E-state index contributed by atoms with van der Waals surface area (Å²) in [5, 5.41) is 22.0. The average molecular weight is 522 g/mol. The number of aromatic hydroxyl groups is 1. The fraction of sp³-hybridized carbons (Fsp3) is 0.241. The molecule has 37 heavy (non-hydrogen) atoms. The van der Waals surface area contributed by atoms with Crippen molar-refractivity contribution in [1.29, 1.82) is 0 Å². The minimum Gasteiger partial charge on any atom is -0.507 e. The lowest BCUT2D eigenvalue weighted by Crippen LogP contribution is -2.30. The number of aliphatic hydroxyl groups is 1. The van der Waals surface area contributed by atoms with Crippen LogP contribution in [0.1, 0.15) is 43.0 Å². The Morgan fingerprint density at radius 1 is 1.00 bits per heavy atom. The van der Waals surface area contributed by atoms with Gasteiger partial charge in [0.05, 0.1) is 24.8 Å². The van der Waals surface area contributed by atoms with Crippen LogP contribution < -0.4 is 14.4 Å². The van der Waals surface area contributed by atoms with Gasteiger partial charge in [0.25, 0.3) is 11.7 Å². The van der Waals surface area contributed by atoms with Gasteiger partial charge in [0.1, 0.15) is 11.5 Å². The molecule has 3 aromatic carbocycles. The Morgan fingerprint density at radius 2 is 1.73 bits per heavy atom. The van der Waals surface area contributed by atoms with Crippen molar-refractivity contribution in [2.45, 2.75) is 33.2 Å². The molecule has 0 radical (unpaired) electrons. The van der Waals surface area contributed by atoms with Crippen LogP contribution in [0, 0.1) is 6.92 Å². The fourth-order valence-corrected chi connectivity index (χ4v) is 4.46. The molecule has 1 unspecified atom stereocenters. The fourth-order valence-electron chi connectivity index (χ4n) is 4.29. The largest absolute Gasteiger partial charge is 0.507 e. The van der Waals surface area contributed by atoms with Gasteiger partial charge in [-0.3, -0.25) is 14.5 Å². The first-order valence-electron chi connectivity index (χ1n) is 12.0. The summed E-state index contributed by atoms with van der Waals surface area (Å²) in [6.07, 6.45) is 0.852. The third kappa shape index (κ3) is 5.13. The highest BCUT2D eigenvalue weighted by Crippen LogP contribution is 2.45. The first-order valence-corrected chi connectivity index (χ1v) is 12.4. The van der Waals surface area contributed by atoms with Crippen molar-refractivity contribution in [2.75, 3.05) is 18.1 Å². The third-order valence-electron chi connectivity index (χ3n) is 6.08. The van der Waals surface area contributed by atoms with Gasteiger partial charge in [-0.2, -0.15) is 0 Å². The van der Waals surface area contributed by atoms with E-state index in [4.69, 9.17) is 21.1 Å². The molecule has 1 aliphatic heterocycles. The Bertz CT molecular complexity index is 1370. The van der Waals surface area contributed by atoms with Crippen LogP contribution in [0.2, 0.25) is 5.02 Å². The van der Waals surface area contributed by atoms with Crippen molar-refractivity contribution >= 4 is 34.7 Å². The molecule has 1 amide bonds. The summed E-state index contributed by atoms with van der Waals surface area (Å²) in [5.41, 5.74) is 1.91. The zero-order valence-corrected chi connectivity index (χ0v) is 21.6. The van der Waals surface area contributed by atoms with E-state index in [2.05, 4.69) is 0 Å². The van der Waals surface area contributed by atoms with E-state index >= 15 is 0 Å². The summed E-state index contributed by atoms with van der Waals surface area (Å²) in [5.74, 6) is -1.21. The smallest absolute Gasteiger partial charge is 0.300 e. The molecule has 4 rings (SSSR count). The number of hydrogen-bond acceptors (Lipinski definition) is 6. The lowest BCUT2D eigenvalue weighted by atomic mass is 9.94. The van der Waals surface area contributed by atoms with Gasteiger partial charge in [-0.1, -0.05) is 30.7 Å². The van der Waals surface area contributed by atoms with Gasteiger partial charge >= 0.3 is 0 Å². The number of halogens is 1. The number of benzene rings is 3. The van der Waals surface area contributed by atoms with Crippen LogP contribution in [0.25, 0.3) is 5.76 Å². The van der Waals surface area contributed by atoms with Gasteiger partial charge in [-0.25, -0.2) is 0 Å². The number of carbonyl (C=O) groups excluding carboxylic acids is 2. The monoisotopic (exact) mass is 521 g/mol. The summed E-state index contributed by atoms with van der Waals surface area (Å²) in [6.45, 7) is 6.44. The Balaban J connectivity index is 1.91. The summed E-state index contributed by atoms with van der Waals surface area (Å²) in [7, 11) is 0. The summed E-state index contributed by atoms with van der Waals surface area (Å²) < 4.78 is 11.2. The van der Waals surface area contributed by atoms with Crippen LogP contribution in [-0.4, -0.2) is 35.1 Å². The molecule has 7 nitrogen and oxygen atoms in total. The van der Waals surface area contributed by atoms with Crippen LogP contribution in [0.15, 0.2) is 66.2 Å². The quantitative estimate of drug-likeness (QED) is 0.209. The van der Waals surface area contributed by atoms with Crippen molar-refractivity contribution in [1.82, 2.24) is 0 Å². The number of phenols is 1. The highest BCUT2D eigenvalue weighted by molar-refractivity contribution is 6.52. The first-order chi connectivity index (χ1) is 17.8. The minimum atomic E-state index is -0.993. The van der Waals surface area contributed by atoms with E-state index < -0.39 is 17.7 Å². The Kier molecular flexibility index (Phi) is 7.74. The molecule has 0 aliphatic carbocycles. The molecule has 192 valence electrons. The van der Waals surface area contributed by atoms with Gasteiger partial charge < -0.3 is 19.7 Å². The van der Waals surface area contributed by atoms with Crippen molar-refractivity contribution in [2.24, 2.45) is 0 Å². The van der Waals surface area contributed by atoms with Gasteiger partial charge in [-0.05, 0) is 79.9 Å². The van der Waals surface area contributed by atoms with Gasteiger partial charge in [-0.15, -0.1) is 0 Å². The van der Waals surface area contributed by atoms with Gasteiger partial charge in [0.2, 0.25) is 0 Å². The molecule has 0 saturated carbocycles. The van der Waals surface area contributed by atoms with E-state index in [9.17, 15) is 19.8 Å². The molecule has 3 aromatic rings. The Morgan fingerprint density at radius 3 is 2.41 bits per heavy atom. The van der Waals surface area contributed by atoms with Crippen LogP contribution in [0.3, 0.4) is 0 Å². The molecular formula is C29H28ClNO6. The molecule has 0 aromatic heterocycles. The number of ketones is 1. The minimum absolute atomic E-state index is 0.0795. The molecule has 2 N–H and O–H groups in total. The number of anilines is 1. The second-order valence-corrected chi connectivity index (χ2v) is 9.07. The molecular weight excluding hydrogens is 494 g/mol. The lowest BCUT2D eigenvalue weighted by molar-refractivity contribution is -0.132. The summed E-state index contributed by atoms with van der Waals surface area (Å²) >= 11 is 6.26. The highest BCUT2D eigenvalue weighted by atomic mass is 35.5. The van der Waals surface area contributed by atoms with E-state index in [0.29, 0.717) is 40.8 Å². The zero-order valence-electron chi connectivity index (χ0n) is 20.8. The molecule has 1 atom stereocenters. The van der Waals surface area contributed by atoms with Gasteiger partial charge in [0, 0.05) is 16.3 Å². The molecule has 1 fully saturated rings. The maximum absolute atomic E-state index is 13.4. The van der Waals surface area contributed by atoms with Crippen LogP contribution in [0.4, 0.5) is 5.69 Å². The Hall–Kier alpha value is -3.97. The number of amides is 1. The Labute approximate surface area is 220 Å². The maximum Gasteiger partial charge on any atom is 0.300 e. The number of aryl methyl sites for hydroxylation is 1. The standard InChI is InChI=1S/C29H28ClNO6/c1-4-14-37-21-11-7-18(8-12-21)27(33)25-26(19-9-13-23(32)24(15-19)36-5-2)31(29(35)28(25)34)22-16-20(30)10-6-17(22)3/h6-13,15-16,26,32-33H,4-5,14H2,1-3H3/b27-25+.